The maximum absolute atomic E-state index is 10.3. The fourth-order valence-corrected chi connectivity index (χ4v) is 2.61. The lowest BCUT2D eigenvalue weighted by Crippen LogP contribution is -1.99. The Labute approximate surface area is 105 Å². The van der Waals surface area contributed by atoms with Crippen LogP contribution in [-0.2, 0) is 0 Å². The highest BCUT2D eigenvalue weighted by Gasteiger charge is 2.17. The van der Waals surface area contributed by atoms with Gasteiger partial charge in [0.25, 0.3) is 0 Å². The molecule has 0 amide bonds. The Morgan fingerprint density at radius 3 is 2.82 bits per heavy atom. The monoisotopic (exact) mass is 248 g/mol. The number of allylic oxidation sites excluding steroid dienone is 4. The van der Waals surface area contributed by atoms with E-state index < -0.39 is 6.10 Å². The van der Waals surface area contributed by atoms with Gasteiger partial charge in [-0.05, 0) is 25.8 Å². The summed E-state index contributed by atoms with van der Waals surface area (Å²) in [7, 11) is 0. The van der Waals surface area contributed by atoms with Crippen LogP contribution in [-0.4, -0.2) is 10.1 Å². The molecule has 1 heterocycles. The largest absolute Gasteiger partial charge is 0.383 e. The Hall–Kier alpha value is -1.39. The van der Waals surface area contributed by atoms with Gasteiger partial charge < -0.3 is 10.8 Å². The number of aromatic nitrogens is 1. The van der Waals surface area contributed by atoms with Crippen LogP contribution in [0.1, 0.15) is 30.0 Å². The van der Waals surface area contributed by atoms with Gasteiger partial charge in [0.05, 0.1) is 10.6 Å². The SMILES string of the molecule is CC1=CC=C(C(O)c2sc(N)nc2C)C=CC1. The highest BCUT2D eigenvalue weighted by atomic mass is 32.1. The molecule has 0 aromatic carbocycles. The average molecular weight is 248 g/mol. The summed E-state index contributed by atoms with van der Waals surface area (Å²) in [6, 6.07) is 0. The molecule has 0 spiro atoms. The topological polar surface area (TPSA) is 59.1 Å². The minimum absolute atomic E-state index is 0.501. The number of hydrogen-bond acceptors (Lipinski definition) is 4. The van der Waals surface area contributed by atoms with Crippen LogP contribution >= 0.6 is 11.3 Å². The average Bonchev–Trinajstić information content (AvgIpc) is 2.49. The fourth-order valence-electron chi connectivity index (χ4n) is 1.76. The summed E-state index contributed by atoms with van der Waals surface area (Å²) in [5, 5.41) is 10.8. The third-order valence-electron chi connectivity index (χ3n) is 2.72. The van der Waals surface area contributed by atoms with Gasteiger partial charge in [-0.3, -0.25) is 0 Å². The summed E-state index contributed by atoms with van der Waals surface area (Å²) < 4.78 is 0. The number of aliphatic hydroxyl groups excluding tert-OH is 1. The Bertz CT molecular complexity index is 511. The summed E-state index contributed by atoms with van der Waals surface area (Å²) >= 11 is 1.34. The highest BCUT2D eigenvalue weighted by molar-refractivity contribution is 7.15. The van der Waals surface area contributed by atoms with Crippen LogP contribution in [0.25, 0.3) is 0 Å². The van der Waals surface area contributed by atoms with E-state index in [2.05, 4.69) is 18.0 Å². The third-order valence-corrected chi connectivity index (χ3v) is 3.76. The maximum Gasteiger partial charge on any atom is 0.180 e. The van der Waals surface area contributed by atoms with Crippen LogP contribution in [0.15, 0.2) is 35.5 Å². The van der Waals surface area contributed by atoms with Crippen molar-refractivity contribution >= 4 is 16.5 Å². The van der Waals surface area contributed by atoms with Gasteiger partial charge in [-0.15, -0.1) is 0 Å². The second kappa shape index (κ2) is 4.85. The molecule has 0 saturated heterocycles. The molecule has 3 N–H and O–H groups in total. The Morgan fingerprint density at radius 1 is 1.41 bits per heavy atom. The van der Waals surface area contributed by atoms with Crippen molar-refractivity contribution in [1.29, 1.82) is 0 Å². The van der Waals surface area contributed by atoms with E-state index in [1.54, 1.807) is 0 Å². The first kappa shape index (κ1) is 12.1. The number of nitrogen functional groups attached to an aromatic ring is 1. The van der Waals surface area contributed by atoms with Crippen molar-refractivity contribution in [2.24, 2.45) is 0 Å². The van der Waals surface area contributed by atoms with Crippen molar-refractivity contribution in [3.05, 3.63) is 46.0 Å². The zero-order valence-corrected chi connectivity index (χ0v) is 10.8. The molecule has 1 aliphatic rings. The molecule has 3 nitrogen and oxygen atoms in total. The molecule has 1 aliphatic carbocycles. The summed E-state index contributed by atoms with van der Waals surface area (Å²) in [6.07, 6.45) is 8.32. The van der Waals surface area contributed by atoms with Gasteiger partial charge in [0.1, 0.15) is 6.10 Å². The maximum atomic E-state index is 10.3. The van der Waals surface area contributed by atoms with E-state index in [0.717, 1.165) is 22.6 Å². The van der Waals surface area contributed by atoms with Gasteiger partial charge in [-0.2, -0.15) is 0 Å². The molecule has 1 aromatic heterocycles. The first-order valence-electron chi connectivity index (χ1n) is 5.52. The number of rotatable bonds is 2. The highest BCUT2D eigenvalue weighted by Crippen LogP contribution is 2.32. The second-order valence-electron chi connectivity index (χ2n) is 4.19. The zero-order valence-electron chi connectivity index (χ0n) is 9.97. The molecule has 90 valence electrons. The predicted molar refractivity (Wildman–Crippen MR) is 71.8 cm³/mol. The van der Waals surface area contributed by atoms with Crippen LogP contribution in [0.4, 0.5) is 5.13 Å². The number of aryl methyl sites for hydroxylation is 1. The number of aliphatic hydroxyl groups is 1. The first-order valence-corrected chi connectivity index (χ1v) is 6.34. The van der Waals surface area contributed by atoms with E-state index in [4.69, 9.17) is 5.73 Å². The Morgan fingerprint density at radius 2 is 2.18 bits per heavy atom. The summed E-state index contributed by atoms with van der Waals surface area (Å²) in [5.41, 5.74) is 8.62. The number of hydrogen-bond donors (Lipinski definition) is 2. The van der Waals surface area contributed by atoms with E-state index >= 15 is 0 Å². The van der Waals surface area contributed by atoms with Crippen LogP contribution in [0.2, 0.25) is 0 Å². The molecule has 17 heavy (non-hydrogen) atoms. The van der Waals surface area contributed by atoms with Crippen molar-refractivity contribution in [2.75, 3.05) is 5.73 Å². The molecule has 4 heteroatoms. The molecule has 0 saturated carbocycles. The van der Waals surface area contributed by atoms with Crippen molar-refractivity contribution in [3.63, 3.8) is 0 Å². The van der Waals surface area contributed by atoms with Gasteiger partial charge in [0.2, 0.25) is 0 Å². The zero-order chi connectivity index (χ0) is 12.4. The molecule has 0 aliphatic heterocycles. The van der Waals surface area contributed by atoms with E-state index in [1.165, 1.54) is 16.9 Å². The van der Waals surface area contributed by atoms with Gasteiger partial charge in [0.15, 0.2) is 5.13 Å². The standard InChI is InChI=1S/C13H16N2OS/c1-8-4-3-5-10(7-6-8)11(16)12-9(2)15-13(14)17-12/h3,5-7,11,16H,4H2,1-2H3,(H2,14,15). The third kappa shape index (κ3) is 2.65. The number of nitrogens with two attached hydrogens (primary N) is 1. The predicted octanol–water partition coefficient (Wildman–Crippen LogP) is 2.90. The smallest absolute Gasteiger partial charge is 0.180 e. The first-order chi connectivity index (χ1) is 8.08. The quantitative estimate of drug-likeness (QED) is 0.846. The summed E-state index contributed by atoms with van der Waals surface area (Å²) in [6.45, 7) is 3.94. The van der Waals surface area contributed by atoms with Crippen LogP contribution in [0, 0.1) is 6.92 Å². The molecule has 0 fully saturated rings. The van der Waals surface area contributed by atoms with Gasteiger partial charge in [-0.1, -0.05) is 41.2 Å². The van der Waals surface area contributed by atoms with Crippen molar-refractivity contribution < 1.29 is 5.11 Å². The lowest BCUT2D eigenvalue weighted by atomic mass is 10.1. The second-order valence-corrected chi connectivity index (χ2v) is 5.25. The van der Waals surface area contributed by atoms with Gasteiger partial charge >= 0.3 is 0 Å². The normalized spacial score (nSPS) is 17.4. The molecular formula is C13H16N2OS. The molecule has 2 rings (SSSR count). The van der Waals surface area contributed by atoms with E-state index in [0.29, 0.717) is 5.13 Å². The lowest BCUT2D eigenvalue weighted by Gasteiger charge is -2.09. The Balaban J connectivity index is 2.32. The van der Waals surface area contributed by atoms with Crippen molar-refractivity contribution in [3.8, 4) is 0 Å². The number of thiazole rings is 1. The van der Waals surface area contributed by atoms with E-state index in [9.17, 15) is 5.11 Å². The molecule has 0 bridgehead atoms. The molecule has 1 aromatic rings. The molecule has 1 atom stereocenters. The lowest BCUT2D eigenvalue weighted by molar-refractivity contribution is 0.222. The van der Waals surface area contributed by atoms with Crippen LogP contribution in [0.3, 0.4) is 0 Å². The van der Waals surface area contributed by atoms with Crippen LogP contribution in [0.5, 0.6) is 0 Å². The fraction of sp³-hybridized carbons (Fsp3) is 0.308. The van der Waals surface area contributed by atoms with E-state index in [1.807, 2.05) is 25.2 Å². The molecule has 1 unspecified atom stereocenters. The minimum Gasteiger partial charge on any atom is -0.383 e. The van der Waals surface area contributed by atoms with Gasteiger partial charge in [-0.25, -0.2) is 4.98 Å². The number of anilines is 1. The van der Waals surface area contributed by atoms with Crippen molar-refractivity contribution in [2.45, 2.75) is 26.4 Å². The molecular weight excluding hydrogens is 232 g/mol. The van der Waals surface area contributed by atoms with Crippen molar-refractivity contribution in [1.82, 2.24) is 4.98 Å². The van der Waals surface area contributed by atoms with Gasteiger partial charge in [0, 0.05) is 0 Å². The Kier molecular flexibility index (Phi) is 3.45. The summed E-state index contributed by atoms with van der Waals surface area (Å²) in [5.74, 6) is 0. The summed E-state index contributed by atoms with van der Waals surface area (Å²) in [4.78, 5) is 4.96. The molecule has 0 radical (unpaired) electrons. The minimum atomic E-state index is -0.636. The number of nitrogens with zero attached hydrogens (tertiary/aromatic N) is 1. The van der Waals surface area contributed by atoms with Crippen LogP contribution < -0.4 is 5.73 Å². The van der Waals surface area contributed by atoms with E-state index in [-0.39, 0.29) is 0 Å².